The van der Waals surface area contributed by atoms with Crippen molar-refractivity contribution in [2.45, 2.75) is 32.2 Å². The van der Waals surface area contributed by atoms with Gasteiger partial charge in [-0.2, -0.15) is 5.26 Å². The van der Waals surface area contributed by atoms with Gasteiger partial charge in [0.15, 0.2) is 0 Å². The summed E-state index contributed by atoms with van der Waals surface area (Å²) in [5, 5.41) is 21.1. The van der Waals surface area contributed by atoms with Crippen molar-refractivity contribution in [1.82, 2.24) is 4.98 Å². The third kappa shape index (κ3) is 2.54. The molecule has 0 aliphatic heterocycles. The molecule has 0 spiro atoms. The van der Waals surface area contributed by atoms with Gasteiger partial charge in [-0.25, -0.2) is 9.78 Å². The Labute approximate surface area is 110 Å². The molecule has 1 aromatic rings. The summed E-state index contributed by atoms with van der Waals surface area (Å²) in [5.74, 6) is -0.741. The van der Waals surface area contributed by atoms with Gasteiger partial charge in [0.05, 0.1) is 5.56 Å². The second-order valence-electron chi connectivity index (χ2n) is 3.85. The van der Waals surface area contributed by atoms with E-state index in [1.807, 2.05) is 6.07 Å². The van der Waals surface area contributed by atoms with Crippen LogP contribution in [0.3, 0.4) is 0 Å². The summed E-state index contributed by atoms with van der Waals surface area (Å²) < 4.78 is 0. The minimum atomic E-state index is -1.12. The summed E-state index contributed by atoms with van der Waals surface area (Å²) >= 11 is 5.99. The molecule has 0 amide bonds. The fraction of sp³-hybridized carbons (Fsp3) is 0.417. The normalized spacial score (nSPS) is 10.8. The Balaban J connectivity index is 3.18. The van der Waals surface area contributed by atoms with E-state index >= 15 is 0 Å². The van der Waals surface area contributed by atoms with E-state index in [2.05, 4.69) is 10.3 Å². The number of carboxylic acid groups (broad SMARTS) is 1. The van der Waals surface area contributed by atoms with Gasteiger partial charge in [0.2, 0.25) is 0 Å². The molecule has 1 rings (SSSR count). The highest BCUT2D eigenvalue weighted by Gasteiger charge is 2.35. The Hall–Kier alpha value is -1.80. The van der Waals surface area contributed by atoms with E-state index in [9.17, 15) is 9.90 Å². The van der Waals surface area contributed by atoms with Crippen LogP contribution in [0.2, 0.25) is 5.02 Å². The standard InChI is InChI=1S/C12H14ClN3O2/c1-3-12(4-2,11(17)18)16-10-9(13)8(7-14)5-6-15-10/h5-6H,3-4H2,1-2H3,(H,15,16)(H,17,18). The first kappa shape index (κ1) is 14.3. The van der Waals surface area contributed by atoms with E-state index in [-0.39, 0.29) is 16.4 Å². The number of nitrogens with one attached hydrogen (secondary N) is 1. The molecule has 0 saturated heterocycles. The van der Waals surface area contributed by atoms with E-state index in [0.29, 0.717) is 12.8 Å². The van der Waals surface area contributed by atoms with E-state index in [0.717, 1.165) is 0 Å². The van der Waals surface area contributed by atoms with E-state index < -0.39 is 11.5 Å². The van der Waals surface area contributed by atoms with Crippen molar-refractivity contribution in [3.63, 3.8) is 0 Å². The summed E-state index contributed by atoms with van der Waals surface area (Å²) in [6.45, 7) is 3.54. The van der Waals surface area contributed by atoms with Crippen LogP contribution in [0.4, 0.5) is 5.82 Å². The van der Waals surface area contributed by atoms with Crippen LogP contribution in [0.1, 0.15) is 32.3 Å². The SMILES string of the molecule is CCC(CC)(Nc1nccc(C#N)c1Cl)C(=O)O. The van der Waals surface area contributed by atoms with Crippen LogP contribution in [0.25, 0.3) is 0 Å². The average molecular weight is 268 g/mol. The summed E-state index contributed by atoms with van der Waals surface area (Å²) in [7, 11) is 0. The van der Waals surface area contributed by atoms with Crippen molar-refractivity contribution < 1.29 is 9.90 Å². The minimum Gasteiger partial charge on any atom is -0.480 e. The largest absolute Gasteiger partial charge is 0.480 e. The molecule has 2 N–H and O–H groups in total. The van der Waals surface area contributed by atoms with Gasteiger partial charge in [-0.15, -0.1) is 0 Å². The van der Waals surface area contributed by atoms with Gasteiger partial charge < -0.3 is 10.4 Å². The molecule has 0 bridgehead atoms. The highest BCUT2D eigenvalue weighted by atomic mass is 35.5. The first-order chi connectivity index (χ1) is 8.50. The molecule has 0 aromatic carbocycles. The van der Waals surface area contributed by atoms with Gasteiger partial charge in [0.25, 0.3) is 0 Å². The second-order valence-corrected chi connectivity index (χ2v) is 4.23. The Morgan fingerprint density at radius 1 is 1.61 bits per heavy atom. The van der Waals surface area contributed by atoms with Crippen LogP contribution >= 0.6 is 11.6 Å². The van der Waals surface area contributed by atoms with Crippen LogP contribution in [0.15, 0.2) is 12.3 Å². The molecule has 96 valence electrons. The molecule has 1 heterocycles. The number of nitriles is 1. The lowest BCUT2D eigenvalue weighted by atomic mass is 9.93. The maximum atomic E-state index is 11.4. The maximum Gasteiger partial charge on any atom is 0.329 e. The number of hydrogen-bond donors (Lipinski definition) is 2. The number of pyridine rings is 1. The Morgan fingerprint density at radius 2 is 2.22 bits per heavy atom. The molecule has 0 radical (unpaired) electrons. The van der Waals surface area contributed by atoms with Crippen molar-refractivity contribution in [3.05, 3.63) is 22.8 Å². The van der Waals surface area contributed by atoms with Crippen LogP contribution in [-0.4, -0.2) is 21.6 Å². The fourth-order valence-electron chi connectivity index (χ4n) is 1.63. The highest BCUT2D eigenvalue weighted by molar-refractivity contribution is 6.34. The number of anilines is 1. The van der Waals surface area contributed by atoms with Crippen molar-refractivity contribution in [3.8, 4) is 6.07 Å². The number of aromatic nitrogens is 1. The average Bonchev–Trinajstić information content (AvgIpc) is 2.37. The molecule has 5 nitrogen and oxygen atoms in total. The molecule has 1 aromatic heterocycles. The van der Waals surface area contributed by atoms with Crippen LogP contribution < -0.4 is 5.32 Å². The fourth-order valence-corrected chi connectivity index (χ4v) is 1.83. The number of rotatable bonds is 5. The predicted molar refractivity (Wildman–Crippen MR) is 68.5 cm³/mol. The molecule has 0 saturated carbocycles. The lowest BCUT2D eigenvalue weighted by molar-refractivity contribution is -0.142. The van der Waals surface area contributed by atoms with Crippen LogP contribution in [0.5, 0.6) is 0 Å². The zero-order chi connectivity index (χ0) is 13.8. The summed E-state index contributed by atoms with van der Waals surface area (Å²) in [4.78, 5) is 15.3. The number of nitrogens with zero attached hydrogens (tertiary/aromatic N) is 2. The van der Waals surface area contributed by atoms with Gasteiger partial charge in [-0.1, -0.05) is 25.4 Å². The van der Waals surface area contributed by atoms with E-state index in [1.54, 1.807) is 13.8 Å². The van der Waals surface area contributed by atoms with Crippen molar-refractivity contribution >= 4 is 23.4 Å². The molecule has 0 atom stereocenters. The summed E-state index contributed by atoms with van der Waals surface area (Å²) in [6, 6.07) is 3.41. The Kier molecular flexibility index (Phi) is 4.51. The molecular weight excluding hydrogens is 254 g/mol. The number of hydrogen-bond acceptors (Lipinski definition) is 4. The number of aliphatic carboxylic acids is 1. The van der Waals surface area contributed by atoms with Crippen molar-refractivity contribution in [1.29, 1.82) is 5.26 Å². The number of carboxylic acids is 1. The third-order valence-electron chi connectivity index (χ3n) is 2.98. The predicted octanol–water partition coefficient (Wildman–Crippen LogP) is 2.66. The highest BCUT2D eigenvalue weighted by Crippen LogP contribution is 2.28. The lowest BCUT2D eigenvalue weighted by Gasteiger charge is -2.29. The van der Waals surface area contributed by atoms with Gasteiger partial charge in [-0.05, 0) is 18.9 Å². The number of carbonyl (C=O) groups is 1. The Bertz CT molecular complexity index is 493. The topological polar surface area (TPSA) is 86.0 Å². The molecular formula is C12H14ClN3O2. The molecule has 0 unspecified atom stereocenters. The lowest BCUT2D eigenvalue weighted by Crippen LogP contribution is -2.45. The molecule has 0 fully saturated rings. The zero-order valence-electron chi connectivity index (χ0n) is 10.2. The van der Waals surface area contributed by atoms with Crippen LogP contribution in [0, 0.1) is 11.3 Å². The van der Waals surface area contributed by atoms with E-state index in [4.69, 9.17) is 16.9 Å². The quantitative estimate of drug-likeness (QED) is 0.856. The molecule has 18 heavy (non-hydrogen) atoms. The minimum absolute atomic E-state index is 0.146. The van der Waals surface area contributed by atoms with Gasteiger partial charge in [0, 0.05) is 6.20 Å². The Morgan fingerprint density at radius 3 is 2.67 bits per heavy atom. The maximum absolute atomic E-state index is 11.4. The molecule has 6 heteroatoms. The smallest absolute Gasteiger partial charge is 0.329 e. The van der Waals surface area contributed by atoms with Gasteiger partial charge >= 0.3 is 5.97 Å². The van der Waals surface area contributed by atoms with Crippen molar-refractivity contribution in [2.24, 2.45) is 0 Å². The van der Waals surface area contributed by atoms with Gasteiger partial charge in [0.1, 0.15) is 22.4 Å². The number of halogens is 1. The third-order valence-corrected chi connectivity index (χ3v) is 3.37. The summed E-state index contributed by atoms with van der Waals surface area (Å²) in [5.41, 5.74) is -0.856. The van der Waals surface area contributed by atoms with E-state index in [1.165, 1.54) is 12.3 Å². The molecule has 0 aliphatic rings. The summed E-state index contributed by atoms with van der Waals surface area (Å²) in [6.07, 6.45) is 2.19. The van der Waals surface area contributed by atoms with Crippen LogP contribution in [-0.2, 0) is 4.79 Å². The first-order valence-corrected chi connectivity index (χ1v) is 5.94. The van der Waals surface area contributed by atoms with Crippen molar-refractivity contribution in [2.75, 3.05) is 5.32 Å². The zero-order valence-corrected chi connectivity index (χ0v) is 11.0. The first-order valence-electron chi connectivity index (χ1n) is 5.57. The van der Waals surface area contributed by atoms with Gasteiger partial charge in [-0.3, -0.25) is 0 Å². The second kappa shape index (κ2) is 5.69. The molecule has 0 aliphatic carbocycles. The monoisotopic (exact) mass is 267 g/mol.